The molecule has 2 saturated heterocycles. The first-order valence-electron chi connectivity index (χ1n) is 7.36. The molecule has 1 N–H and O–H groups in total. The summed E-state index contributed by atoms with van der Waals surface area (Å²) in [5.74, 6) is -0.801. The fraction of sp³-hybridized carbons (Fsp3) is 0.857. The van der Waals surface area contributed by atoms with E-state index in [1.54, 1.807) is 6.92 Å². The number of urea groups is 1. The molecule has 2 amide bonds. The van der Waals surface area contributed by atoms with Crippen molar-refractivity contribution in [3.8, 4) is 0 Å². The summed E-state index contributed by atoms with van der Waals surface area (Å²) in [7, 11) is 0. The van der Waals surface area contributed by atoms with Crippen LogP contribution < -0.4 is 0 Å². The highest BCUT2D eigenvalue weighted by atomic mass is 16.4. The first kappa shape index (κ1) is 15.1. The Bertz CT molecular complexity index is 389. The summed E-state index contributed by atoms with van der Waals surface area (Å²) in [6.07, 6.45) is 2.11. The van der Waals surface area contributed by atoms with Gasteiger partial charge in [0.15, 0.2) is 0 Å². The zero-order valence-corrected chi connectivity index (χ0v) is 12.6. The largest absolute Gasteiger partial charge is 0.480 e. The average molecular weight is 283 g/mol. The number of nitrogens with zero attached hydrogens (tertiary/aromatic N) is 3. The summed E-state index contributed by atoms with van der Waals surface area (Å²) in [6, 6.07) is -0.370. The molecule has 6 heteroatoms. The van der Waals surface area contributed by atoms with Crippen molar-refractivity contribution >= 4 is 12.0 Å². The van der Waals surface area contributed by atoms with E-state index in [4.69, 9.17) is 5.11 Å². The molecule has 114 valence electrons. The Balaban J connectivity index is 1.91. The van der Waals surface area contributed by atoms with E-state index >= 15 is 0 Å². The van der Waals surface area contributed by atoms with Crippen LogP contribution in [0.2, 0.25) is 0 Å². The topological polar surface area (TPSA) is 64.1 Å². The van der Waals surface area contributed by atoms with Gasteiger partial charge in [0.2, 0.25) is 0 Å². The highest BCUT2D eigenvalue weighted by Crippen LogP contribution is 2.29. The number of carbonyl (C=O) groups excluding carboxylic acids is 1. The van der Waals surface area contributed by atoms with Crippen molar-refractivity contribution in [2.45, 2.75) is 45.2 Å². The molecule has 0 aromatic carbocycles. The van der Waals surface area contributed by atoms with Gasteiger partial charge in [0.25, 0.3) is 0 Å². The SMILES string of the molecule is CC(C(=O)O)N1CCN(C(=O)N2CCCC2(C)C)CC1. The number of carbonyl (C=O) groups is 2. The van der Waals surface area contributed by atoms with E-state index in [1.807, 2.05) is 14.7 Å². The quantitative estimate of drug-likeness (QED) is 0.823. The number of hydrogen-bond acceptors (Lipinski definition) is 3. The van der Waals surface area contributed by atoms with Gasteiger partial charge in [-0.05, 0) is 33.6 Å². The Hall–Kier alpha value is -1.30. The number of likely N-dealkylation sites (tertiary alicyclic amines) is 1. The smallest absolute Gasteiger partial charge is 0.320 e. The predicted octanol–water partition coefficient (Wildman–Crippen LogP) is 1.07. The average Bonchev–Trinajstić information content (AvgIpc) is 2.76. The van der Waals surface area contributed by atoms with Crippen LogP contribution in [0.3, 0.4) is 0 Å². The molecule has 0 aliphatic carbocycles. The lowest BCUT2D eigenvalue weighted by molar-refractivity contribution is -0.143. The minimum Gasteiger partial charge on any atom is -0.480 e. The minimum absolute atomic E-state index is 0.0530. The van der Waals surface area contributed by atoms with Crippen molar-refractivity contribution in [2.75, 3.05) is 32.7 Å². The Kier molecular flexibility index (Phi) is 4.22. The molecule has 2 rings (SSSR count). The molecule has 0 bridgehead atoms. The van der Waals surface area contributed by atoms with Gasteiger partial charge in [-0.1, -0.05) is 0 Å². The van der Waals surface area contributed by atoms with Gasteiger partial charge in [0, 0.05) is 38.3 Å². The summed E-state index contributed by atoms with van der Waals surface area (Å²) >= 11 is 0. The normalized spacial score (nSPS) is 24.8. The second-order valence-electron chi connectivity index (χ2n) is 6.39. The second-order valence-corrected chi connectivity index (χ2v) is 6.39. The van der Waals surface area contributed by atoms with Crippen LogP contribution in [0.15, 0.2) is 0 Å². The van der Waals surface area contributed by atoms with E-state index in [2.05, 4.69) is 13.8 Å². The number of hydrogen-bond donors (Lipinski definition) is 1. The van der Waals surface area contributed by atoms with Crippen molar-refractivity contribution in [1.82, 2.24) is 14.7 Å². The summed E-state index contributed by atoms with van der Waals surface area (Å²) in [5, 5.41) is 9.02. The number of rotatable bonds is 2. The number of aliphatic carboxylic acids is 1. The van der Waals surface area contributed by atoms with E-state index in [0.29, 0.717) is 26.2 Å². The molecule has 0 aromatic rings. The molecule has 2 aliphatic rings. The van der Waals surface area contributed by atoms with Crippen molar-refractivity contribution in [2.24, 2.45) is 0 Å². The number of piperazine rings is 1. The summed E-state index contributed by atoms with van der Waals surface area (Å²) in [6.45, 7) is 9.25. The molecule has 0 aromatic heterocycles. The second kappa shape index (κ2) is 5.60. The molecule has 1 unspecified atom stereocenters. The Morgan fingerprint density at radius 2 is 1.70 bits per heavy atom. The van der Waals surface area contributed by atoms with Crippen molar-refractivity contribution < 1.29 is 14.7 Å². The monoisotopic (exact) mass is 283 g/mol. The highest BCUT2D eigenvalue weighted by molar-refractivity contribution is 5.76. The zero-order valence-electron chi connectivity index (χ0n) is 12.6. The number of carboxylic acids is 1. The highest BCUT2D eigenvalue weighted by Gasteiger charge is 2.38. The number of amides is 2. The Morgan fingerprint density at radius 1 is 1.10 bits per heavy atom. The van der Waals surface area contributed by atoms with Crippen molar-refractivity contribution in [1.29, 1.82) is 0 Å². The van der Waals surface area contributed by atoms with Gasteiger partial charge in [-0.3, -0.25) is 9.69 Å². The molecule has 2 heterocycles. The lowest BCUT2D eigenvalue weighted by atomic mass is 10.0. The van der Waals surface area contributed by atoms with Gasteiger partial charge in [-0.25, -0.2) is 4.79 Å². The van der Waals surface area contributed by atoms with Crippen molar-refractivity contribution in [3.05, 3.63) is 0 Å². The molecule has 0 radical (unpaired) electrons. The Labute approximate surface area is 120 Å². The minimum atomic E-state index is -0.801. The van der Waals surface area contributed by atoms with Crippen molar-refractivity contribution in [3.63, 3.8) is 0 Å². The van der Waals surface area contributed by atoms with Crippen LogP contribution >= 0.6 is 0 Å². The first-order chi connectivity index (χ1) is 9.33. The van der Waals surface area contributed by atoms with Gasteiger partial charge in [-0.2, -0.15) is 0 Å². The maximum absolute atomic E-state index is 12.5. The van der Waals surface area contributed by atoms with E-state index in [0.717, 1.165) is 19.4 Å². The third kappa shape index (κ3) is 2.90. The van der Waals surface area contributed by atoms with Gasteiger partial charge < -0.3 is 14.9 Å². The van der Waals surface area contributed by atoms with Crippen LogP contribution in [-0.4, -0.2) is 76.1 Å². The fourth-order valence-electron chi connectivity index (χ4n) is 3.09. The molecule has 6 nitrogen and oxygen atoms in total. The standard InChI is InChI=1S/C14H25N3O3/c1-11(12(18)19)15-7-9-16(10-8-15)13(20)17-6-4-5-14(17,2)3/h11H,4-10H2,1-3H3,(H,18,19). The lowest BCUT2D eigenvalue weighted by Gasteiger charge is -2.41. The van der Waals surface area contributed by atoms with E-state index < -0.39 is 12.0 Å². The zero-order chi connectivity index (χ0) is 14.9. The molecular weight excluding hydrogens is 258 g/mol. The molecular formula is C14H25N3O3. The fourth-order valence-corrected chi connectivity index (χ4v) is 3.09. The van der Waals surface area contributed by atoms with Gasteiger partial charge in [-0.15, -0.1) is 0 Å². The van der Waals surface area contributed by atoms with Gasteiger partial charge in [0.05, 0.1) is 0 Å². The van der Waals surface area contributed by atoms with Crippen LogP contribution in [0.1, 0.15) is 33.6 Å². The molecule has 1 atom stereocenters. The Morgan fingerprint density at radius 3 is 2.15 bits per heavy atom. The van der Waals surface area contributed by atoms with Gasteiger partial charge in [0.1, 0.15) is 6.04 Å². The van der Waals surface area contributed by atoms with E-state index in [1.165, 1.54) is 0 Å². The molecule has 0 spiro atoms. The molecule has 20 heavy (non-hydrogen) atoms. The third-order valence-corrected chi connectivity index (χ3v) is 4.62. The molecule has 2 fully saturated rings. The number of carboxylic acid groups (broad SMARTS) is 1. The van der Waals surface area contributed by atoms with Crippen LogP contribution in [-0.2, 0) is 4.79 Å². The van der Waals surface area contributed by atoms with E-state index in [9.17, 15) is 9.59 Å². The molecule has 2 aliphatic heterocycles. The van der Waals surface area contributed by atoms with E-state index in [-0.39, 0.29) is 11.6 Å². The predicted molar refractivity (Wildman–Crippen MR) is 75.7 cm³/mol. The first-order valence-corrected chi connectivity index (χ1v) is 7.36. The van der Waals surface area contributed by atoms with Crippen LogP contribution in [0, 0.1) is 0 Å². The van der Waals surface area contributed by atoms with Gasteiger partial charge >= 0.3 is 12.0 Å². The third-order valence-electron chi connectivity index (χ3n) is 4.62. The van der Waals surface area contributed by atoms with Crippen LogP contribution in [0.4, 0.5) is 4.79 Å². The molecule has 0 saturated carbocycles. The maximum atomic E-state index is 12.5. The van der Waals surface area contributed by atoms with Crippen LogP contribution in [0.25, 0.3) is 0 Å². The van der Waals surface area contributed by atoms with Crippen LogP contribution in [0.5, 0.6) is 0 Å². The summed E-state index contributed by atoms with van der Waals surface area (Å²) in [5.41, 5.74) is -0.0530. The summed E-state index contributed by atoms with van der Waals surface area (Å²) in [4.78, 5) is 29.3. The maximum Gasteiger partial charge on any atom is 0.320 e. The summed E-state index contributed by atoms with van der Waals surface area (Å²) < 4.78 is 0. The lowest BCUT2D eigenvalue weighted by Crippen LogP contribution is -2.57.